The van der Waals surface area contributed by atoms with Crippen LogP contribution < -0.4 is 4.74 Å². The van der Waals surface area contributed by atoms with E-state index in [4.69, 9.17) is 4.74 Å². The monoisotopic (exact) mass is 456 g/mol. The Morgan fingerprint density at radius 1 is 0.882 bits per heavy atom. The zero-order chi connectivity index (χ0) is 23.1. The van der Waals surface area contributed by atoms with E-state index in [1.165, 1.54) is 0 Å². The van der Waals surface area contributed by atoms with Crippen molar-refractivity contribution in [1.82, 2.24) is 29.8 Å². The number of para-hydroxylation sites is 2. The summed E-state index contributed by atoms with van der Waals surface area (Å²) in [7, 11) is 0. The van der Waals surface area contributed by atoms with E-state index in [0.29, 0.717) is 43.0 Å². The first-order chi connectivity index (χ1) is 16.7. The largest absolute Gasteiger partial charge is 0.482 e. The van der Waals surface area contributed by atoms with Gasteiger partial charge in [0.05, 0.1) is 5.69 Å². The second-order valence-electron chi connectivity index (χ2n) is 8.90. The molecular formula is C25H24N6O3. The Balaban J connectivity index is 1.06. The lowest BCUT2D eigenvalue weighted by Crippen LogP contribution is -2.37. The van der Waals surface area contributed by atoms with Crippen molar-refractivity contribution in [3.05, 3.63) is 72.6 Å². The average Bonchev–Trinajstić information content (AvgIpc) is 3.65. The molecule has 4 heterocycles. The molecule has 0 bridgehead atoms. The Labute approximate surface area is 195 Å². The number of aromatic amines is 1. The molecule has 172 valence electrons. The van der Waals surface area contributed by atoms with Crippen molar-refractivity contribution < 1.29 is 14.3 Å². The van der Waals surface area contributed by atoms with E-state index >= 15 is 0 Å². The van der Waals surface area contributed by atoms with Gasteiger partial charge >= 0.3 is 0 Å². The van der Waals surface area contributed by atoms with Crippen LogP contribution >= 0.6 is 0 Å². The fourth-order valence-corrected chi connectivity index (χ4v) is 5.04. The predicted molar refractivity (Wildman–Crippen MR) is 125 cm³/mol. The van der Waals surface area contributed by atoms with Crippen molar-refractivity contribution in [3.63, 3.8) is 0 Å². The molecule has 2 aromatic carbocycles. The molecular weight excluding hydrogens is 432 g/mol. The number of carbonyl (C=O) groups is 2. The van der Waals surface area contributed by atoms with Crippen LogP contribution in [0.25, 0.3) is 16.7 Å². The summed E-state index contributed by atoms with van der Waals surface area (Å²) in [5, 5.41) is 10.7. The number of fused-ring (bicyclic) bond motifs is 2. The Morgan fingerprint density at radius 3 is 2.38 bits per heavy atom. The fourth-order valence-electron chi connectivity index (χ4n) is 5.04. The third-order valence-electron chi connectivity index (χ3n) is 6.79. The third-order valence-corrected chi connectivity index (χ3v) is 6.79. The maximum absolute atomic E-state index is 13.0. The smallest absolute Gasteiger partial charge is 0.260 e. The molecule has 2 saturated heterocycles. The minimum Gasteiger partial charge on any atom is -0.482 e. The van der Waals surface area contributed by atoms with Crippen molar-refractivity contribution >= 4 is 22.8 Å². The van der Waals surface area contributed by atoms with Crippen LogP contribution in [0.4, 0.5) is 0 Å². The van der Waals surface area contributed by atoms with Crippen LogP contribution in [-0.2, 0) is 4.79 Å². The third kappa shape index (κ3) is 3.68. The summed E-state index contributed by atoms with van der Waals surface area (Å²) in [6.07, 6.45) is 3.89. The number of ether oxygens (including phenoxy) is 1. The second kappa shape index (κ2) is 8.33. The van der Waals surface area contributed by atoms with Crippen molar-refractivity contribution in [2.45, 2.75) is 0 Å². The summed E-state index contributed by atoms with van der Waals surface area (Å²) in [6.45, 7) is 2.61. The lowest BCUT2D eigenvalue weighted by Gasteiger charge is -2.22. The molecule has 0 unspecified atom stereocenters. The lowest BCUT2D eigenvalue weighted by molar-refractivity contribution is -0.132. The van der Waals surface area contributed by atoms with Crippen molar-refractivity contribution in [2.24, 2.45) is 11.8 Å². The van der Waals surface area contributed by atoms with Gasteiger partial charge in [-0.2, -0.15) is 15.4 Å². The summed E-state index contributed by atoms with van der Waals surface area (Å²) in [4.78, 5) is 29.7. The highest BCUT2D eigenvalue weighted by atomic mass is 16.5. The number of aromatic nitrogens is 4. The minimum absolute atomic E-state index is 0.00190. The van der Waals surface area contributed by atoms with E-state index in [9.17, 15) is 9.59 Å². The SMILES string of the molecule is O=C(COc1ccccc1-n1cccc1)N1C[C@@H]2CN(C(=O)c3ccc4n[nH]nc4c3)C[C@H]2C1. The number of carbonyl (C=O) groups excluding carboxylic acids is 2. The quantitative estimate of drug-likeness (QED) is 0.497. The Bertz CT molecular complexity index is 1330. The van der Waals surface area contributed by atoms with Gasteiger partial charge < -0.3 is 19.1 Å². The molecule has 34 heavy (non-hydrogen) atoms. The highest BCUT2D eigenvalue weighted by Crippen LogP contribution is 2.32. The molecule has 2 aromatic heterocycles. The van der Waals surface area contributed by atoms with Crippen LogP contribution in [0.5, 0.6) is 5.75 Å². The minimum atomic E-state index is -0.0222. The van der Waals surface area contributed by atoms with Gasteiger partial charge in [0.2, 0.25) is 0 Å². The van der Waals surface area contributed by atoms with Gasteiger partial charge in [0.25, 0.3) is 11.8 Å². The number of amides is 2. The molecule has 6 rings (SSSR count). The summed E-state index contributed by atoms with van der Waals surface area (Å²) in [6, 6.07) is 17.0. The molecule has 2 atom stereocenters. The standard InChI is InChI=1S/C25H24N6O3/c32-24(16-34-23-6-2-1-5-22(23)29-9-3-4-10-29)30-12-18-14-31(15-19(18)13-30)25(33)17-7-8-20-21(11-17)27-28-26-20/h1-11,18-19H,12-16H2,(H,26,27,28)/t18-,19-/m1/s1. The Hall–Kier alpha value is -4.14. The predicted octanol–water partition coefficient (Wildman–Crippen LogP) is 2.36. The number of hydrogen-bond donors (Lipinski definition) is 1. The normalized spacial score (nSPS) is 19.5. The van der Waals surface area contributed by atoms with Crippen LogP contribution in [0.1, 0.15) is 10.4 Å². The highest BCUT2D eigenvalue weighted by molar-refractivity contribution is 5.97. The summed E-state index contributed by atoms with van der Waals surface area (Å²) >= 11 is 0. The van der Waals surface area contributed by atoms with Gasteiger partial charge in [0.15, 0.2) is 6.61 Å². The van der Waals surface area contributed by atoms with E-state index in [1.807, 2.05) is 63.2 Å². The van der Waals surface area contributed by atoms with E-state index in [0.717, 1.165) is 11.2 Å². The average molecular weight is 457 g/mol. The molecule has 9 nitrogen and oxygen atoms in total. The van der Waals surface area contributed by atoms with Crippen LogP contribution in [0.15, 0.2) is 67.0 Å². The molecule has 0 spiro atoms. The van der Waals surface area contributed by atoms with Gasteiger partial charge in [-0.1, -0.05) is 12.1 Å². The van der Waals surface area contributed by atoms with E-state index in [-0.39, 0.29) is 30.3 Å². The number of benzene rings is 2. The van der Waals surface area contributed by atoms with Crippen LogP contribution in [-0.4, -0.2) is 74.4 Å². The van der Waals surface area contributed by atoms with Crippen LogP contribution in [0.2, 0.25) is 0 Å². The maximum atomic E-state index is 13.0. The van der Waals surface area contributed by atoms with Gasteiger partial charge in [-0.3, -0.25) is 9.59 Å². The molecule has 2 aliphatic heterocycles. The molecule has 2 amide bonds. The topological polar surface area (TPSA) is 96.4 Å². The molecule has 2 aliphatic rings. The highest BCUT2D eigenvalue weighted by Gasteiger charge is 2.43. The fraction of sp³-hybridized carbons (Fsp3) is 0.280. The van der Waals surface area contributed by atoms with E-state index in [1.54, 1.807) is 18.2 Å². The molecule has 1 N–H and O–H groups in total. The van der Waals surface area contributed by atoms with Crippen LogP contribution in [0.3, 0.4) is 0 Å². The van der Waals surface area contributed by atoms with Crippen molar-refractivity contribution in [3.8, 4) is 11.4 Å². The summed E-state index contributed by atoms with van der Waals surface area (Å²) in [5.41, 5.74) is 2.93. The molecule has 4 aromatic rings. The van der Waals surface area contributed by atoms with Crippen molar-refractivity contribution in [2.75, 3.05) is 32.8 Å². The lowest BCUT2D eigenvalue weighted by atomic mass is 10.0. The number of likely N-dealkylation sites (tertiary alicyclic amines) is 2. The van der Waals surface area contributed by atoms with Gasteiger partial charge in [-0.15, -0.1) is 0 Å². The first-order valence-electron chi connectivity index (χ1n) is 11.4. The van der Waals surface area contributed by atoms with Gasteiger partial charge in [-0.25, -0.2) is 0 Å². The van der Waals surface area contributed by atoms with Gasteiger partial charge in [-0.05, 0) is 42.5 Å². The number of nitrogens with one attached hydrogen (secondary N) is 1. The molecule has 2 fully saturated rings. The number of nitrogens with zero attached hydrogens (tertiary/aromatic N) is 5. The zero-order valence-electron chi connectivity index (χ0n) is 18.5. The maximum Gasteiger partial charge on any atom is 0.260 e. The van der Waals surface area contributed by atoms with E-state index < -0.39 is 0 Å². The first-order valence-corrected chi connectivity index (χ1v) is 11.4. The molecule has 9 heteroatoms. The number of H-pyrrole nitrogens is 1. The van der Waals surface area contributed by atoms with E-state index in [2.05, 4.69) is 15.4 Å². The first kappa shape index (κ1) is 20.5. The van der Waals surface area contributed by atoms with Crippen molar-refractivity contribution in [1.29, 1.82) is 0 Å². The van der Waals surface area contributed by atoms with Gasteiger partial charge in [0.1, 0.15) is 16.8 Å². The Morgan fingerprint density at radius 2 is 1.59 bits per heavy atom. The second-order valence-corrected chi connectivity index (χ2v) is 8.90. The zero-order valence-corrected chi connectivity index (χ0v) is 18.5. The van der Waals surface area contributed by atoms with Crippen LogP contribution in [0, 0.1) is 11.8 Å². The molecule has 0 radical (unpaired) electrons. The molecule has 0 saturated carbocycles. The summed E-state index contributed by atoms with van der Waals surface area (Å²) in [5.74, 6) is 1.23. The van der Waals surface area contributed by atoms with Gasteiger partial charge in [0, 0.05) is 56.0 Å². The molecule has 0 aliphatic carbocycles. The Kier molecular flexibility index (Phi) is 5.01. The number of hydrogen-bond acceptors (Lipinski definition) is 5. The summed E-state index contributed by atoms with van der Waals surface area (Å²) < 4.78 is 7.88. The number of rotatable bonds is 5.